The van der Waals surface area contributed by atoms with E-state index in [9.17, 15) is 0 Å². The van der Waals surface area contributed by atoms with Crippen LogP contribution in [-0.4, -0.2) is 0 Å². The number of hydrogen-bond donors (Lipinski definition) is 0. The van der Waals surface area contributed by atoms with E-state index >= 15 is 0 Å². The molecule has 86 valence electrons. The van der Waals surface area contributed by atoms with E-state index in [1.54, 1.807) is 0 Å². The highest BCUT2D eigenvalue weighted by Crippen LogP contribution is 2.29. The molecule has 0 amide bonds. The van der Waals surface area contributed by atoms with Gasteiger partial charge in [0.2, 0.25) is 0 Å². The minimum absolute atomic E-state index is 0.792. The third-order valence-electron chi connectivity index (χ3n) is 3.38. The smallest absolute Gasteiger partial charge is 0.00527 e. The normalized spacial score (nSPS) is 30.5. The maximum absolute atomic E-state index is 2.33. The highest BCUT2D eigenvalue weighted by molar-refractivity contribution is 5.17. The van der Waals surface area contributed by atoms with Gasteiger partial charge in [-0.05, 0) is 50.4 Å². The van der Waals surface area contributed by atoms with Gasteiger partial charge in [0.05, 0.1) is 0 Å². The number of fused-ring (bicyclic) bond motifs is 1. The van der Waals surface area contributed by atoms with Crippen LogP contribution in [0.1, 0.15) is 38.5 Å². The predicted molar refractivity (Wildman–Crippen MR) is 71.2 cm³/mol. The lowest BCUT2D eigenvalue weighted by molar-refractivity contribution is 0.530. The molecule has 4 rings (SSSR count). The molecule has 16 heavy (non-hydrogen) atoms. The van der Waals surface area contributed by atoms with Crippen LogP contribution < -0.4 is 0 Å². The molecule has 0 aromatic rings. The molecule has 0 heterocycles. The van der Waals surface area contributed by atoms with E-state index in [0.29, 0.717) is 0 Å². The van der Waals surface area contributed by atoms with Crippen LogP contribution in [0.5, 0.6) is 0 Å². The average Bonchev–Trinajstić information content (AvgIpc) is 2.31. The van der Waals surface area contributed by atoms with Gasteiger partial charge in [-0.2, -0.15) is 0 Å². The zero-order valence-corrected chi connectivity index (χ0v) is 10.0. The van der Waals surface area contributed by atoms with Crippen molar-refractivity contribution >= 4 is 0 Å². The molecule has 0 spiro atoms. The summed E-state index contributed by atoms with van der Waals surface area (Å²) in [6, 6.07) is 0. The molecule has 0 N–H and O–H groups in total. The Balaban J connectivity index is 0.000000120. The lowest BCUT2D eigenvalue weighted by atomic mass is 9.82. The summed E-state index contributed by atoms with van der Waals surface area (Å²) in [5, 5.41) is 0. The van der Waals surface area contributed by atoms with E-state index in [-0.39, 0.29) is 0 Å². The van der Waals surface area contributed by atoms with Gasteiger partial charge in [-0.1, -0.05) is 48.6 Å². The molecule has 0 saturated heterocycles. The molecule has 0 saturated carbocycles. The lowest BCUT2D eigenvalue weighted by Gasteiger charge is -2.23. The first kappa shape index (κ1) is 11.4. The van der Waals surface area contributed by atoms with Crippen molar-refractivity contribution < 1.29 is 0 Å². The summed E-state index contributed by atoms with van der Waals surface area (Å²) in [6.07, 6.45) is 26.1. The van der Waals surface area contributed by atoms with Crippen LogP contribution in [0, 0.1) is 11.8 Å². The van der Waals surface area contributed by atoms with Crippen LogP contribution in [0.25, 0.3) is 0 Å². The third-order valence-corrected chi connectivity index (χ3v) is 3.38. The van der Waals surface area contributed by atoms with E-state index in [2.05, 4.69) is 48.6 Å². The van der Waals surface area contributed by atoms with Crippen molar-refractivity contribution in [2.45, 2.75) is 38.5 Å². The topological polar surface area (TPSA) is 0 Å². The Hall–Kier alpha value is -1.04. The zero-order valence-electron chi connectivity index (χ0n) is 10.0. The summed E-state index contributed by atoms with van der Waals surface area (Å²) in [5.74, 6) is 1.58. The van der Waals surface area contributed by atoms with Gasteiger partial charge in [-0.3, -0.25) is 0 Å². The molecule has 4 aliphatic rings. The quantitative estimate of drug-likeness (QED) is 0.507. The third kappa shape index (κ3) is 3.84. The van der Waals surface area contributed by atoms with Crippen molar-refractivity contribution in [1.29, 1.82) is 0 Å². The van der Waals surface area contributed by atoms with E-state index < -0.39 is 0 Å². The van der Waals surface area contributed by atoms with Gasteiger partial charge in [0, 0.05) is 0 Å². The minimum atomic E-state index is 0.792. The first-order valence-electron chi connectivity index (χ1n) is 6.62. The first-order valence-corrected chi connectivity index (χ1v) is 6.62. The summed E-state index contributed by atoms with van der Waals surface area (Å²) in [7, 11) is 0. The van der Waals surface area contributed by atoms with Crippen molar-refractivity contribution in [2.24, 2.45) is 11.8 Å². The Morgan fingerprint density at radius 2 is 0.812 bits per heavy atom. The summed E-state index contributed by atoms with van der Waals surface area (Å²) in [4.78, 5) is 0. The van der Waals surface area contributed by atoms with Crippen LogP contribution in [0.3, 0.4) is 0 Å². The molecular formula is C16H22. The predicted octanol–water partition coefficient (Wildman–Crippen LogP) is 4.81. The molecule has 0 aromatic carbocycles. The molecule has 0 atom stereocenters. The van der Waals surface area contributed by atoms with Crippen molar-refractivity contribution in [2.75, 3.05) is 0 Å². The van der Waals surface area contributed by atoms with Crippen molar-refractivity contribution in [1.82, 2.24) is 0 Å². The molecular weight excluding hydrogens is 192 g/mol. The van der Waals surface area contributed by atoms with Gasteiger partial charge in [-0.15, -0.1) is 0 Å². The SMILES string of the molecule is C1=CC2C=CC1CC2.C1=CCCC=CCC1. The molecule has 0 fully saturated rings. The molecule has 0 heteroatoms. The van der Waals surface area contributed by atoms with Crippen LogP contribution in [0.4, 0.5) is 0 Å². The second kappa shape index (κ2) is 6.52. The maximum atomic E-state index is 2.33. The second-order valence-electron chi connectivity index (χ2n) is 4.77. The standard InChI is InChI=1S/C8H10.C8H12/c1-2-8-5-3-7(1)4-6-8;1-2-4-6-8-7-5-3-1/h1-3,5,7-8H,4,6H2;1-2,7-8H,3-6H2. The average molecular weight is 214 g/mol. The van der Waals surface area contributed by atoms with Gasteiger partial charge in [0.15, 0.2) is 0 Å². The van der Waals surface area contributed by atoms with Crippen molar-refractivity contribution in [3.63, 3.8) is 0 Å². The molecule has 0 radical (unpaired) electrons. The molecule has 2 bridgehead atoms. The van der Waals surface area contributed by atoms with Gasteiger partial charge < -0.3 is 0 Å². The van der Waals surface area contributed by atoms with Crippen LogP contribution in [0.2, 0.25) is 0 Å². The largest absolute Gasteiger partial charge is 0.0882 e. The Bertz CT molecular complexity index is 248. The monoisotopic (exact) mass is 214 g/mol. The number of rotatable bonds is 0. The Kier molecular flexibility index (Phi) is 4.67. The lowest BCUT2D eigenvalue weighted by Crippen LogP contribution is -2.10. The minimum Gasteiger partial charge on any atom is -0.0882 e. The fourth-order valence-corrected chi connectivity index (χ4v) is 2.33. The van der Waals surface area contributed by atoms with Crippen molar-refractivity contribution in [3.8, 4) is 0 Å². The van der Waals surface area contributed by atoms with Gasteiger partial charge in [0.1, 0.15) is 0 Å². The Labute approximate surface area is 99.4 Å². The van der Waals surface area contributed by atoms with E-state index in [4.69, 9.17) is 0 Å². The fourth-order valence-electron chi connectivity index (χ4n) is 2.33. The first-order chi connectivity index (χ1) is 7.95. The molecule has 0 aromatic heterocycles. The van der Waals surface area contributed by atoms with Crippen LogP contribution in [-0.2, 0) is 0 Å². The van der Waals surface area contributed by atoms with Gasteiger partial charge in [-0.25, -0.2) is 0 Å². The molecule has 0 aliphatic heterocycles. The fraction of sp³-hybridized carbons (Fsp3) is 0.500. The maximum Gasteiger partial charge on any atom is -0.00527 e. The number of allylic oxidation sites excluding steroid dienone is 8. The highest BCUT2D eigenvalue weighted by atomic mass is 14.2. The summed E-state index contributed by atoms with van der Waals surface area (Å²) in [5.41, 5.74) is 0. The van der Waals surface area contributed by atoms with E-state index in [1.165, 1.54) is 38.5 Å². The zero-order chi connectivity index (χ0) is 11.1. The molecule has 0 unspecified atom stereocenters. The van der Waals surface area contributed by atoms with Crippen LogP contribution >= 0.6 is 0 Å². The Morgan fingerprint density at radius 3 is 1.00 bits per heavy atom. The van der Waals surface area contributed by atoms with Gasteiger partial charge in [0.25, 0.3) is 0 Å². The van der Waals surface area contributed by atoms with Gasteiger partial charge >= 0.3 is 0 Å². The van der Waals surface area contributed by atoms with E-state index in [0.717, 1.165) is 11.8 Å². The molecule has 4 aliphatic carbocycles. The highest BCUT2D eigenvalue weighted by Gasteiger charge is 2.15. The summed E-state index contributed by atoms with van der Waals surface area (Å²) < 4.78 is 0. The van der Waals surface area contributed by atoms with Crippen molar-refractivity contribution in [3.05, 3.63) is 48.6 Å². The Morgan fingerprint density at radius 1 is 0.500 bits per heavy atom. The number of hydrogen-bond acceptors (Lipinski definition) is 0. The summed E-state index contributed by atoms with van der Waals surface area (Å²) >= 11 is 0. The second-order valence-corrected chi connectivity index (χ2v) is 4.77. The molecule has 0 nitrogen and oxygen atoms in total. The van der Waals surface area contributed by atoms with E-state index in [1.807, 2.05) is 0 Å². The van der Waals surface area contributed by atoms with Crippen LogP contribution in [0.15, 0.2) is 48.6 Å². The summed E-state index contributed by atoms with van der Waals surface area (Å²) in [6.45, 7) is 0.